The van der Waals surface area contributed by atoms with Crippen molar-refractivity contribution < 1.29 is 0 Å². The largest absolute Gasteiger partial charge is 0.249 e. The van der Waals surface area contributed by atoms with Crippen molar-refractivity contribution in [2.24, 2.45) is 20.0 Å². The molecule has 0 aliphatic carbocycles. The van der Waals surface area contributed by atoms with Crippen LogP contribution in [0.25, 0.3) is 0 Å². The van der Waals surface area contributed by atoms with E-state index in [9.17, 15) is 0 Å². The number of hydrogen-bond acceptors (Lipinski definition) is 5. The van der Waals surface area contributed by atoms with Crippen LogP contribution in [0.3, 0.4) is 0 Å². The fourth-order valence-electron chi connectivity index (χ4n) is 4.51. The summed E-state index contributed by atoms with van der Waals surface area (Å²) in [6.45, 7) is 4.45. The lowest BCUT2D eigenvalue weighted by molar-refractivity contribution is 0.998. The lowest BCUT2D eigenvalue weighted by Gasteiger charge is -2.12. The van der Waals surface area contributed by atoms with E-state index in [1.807, 2.05) is 54.7 Å². The van der Waals surface area contributed by atoms with Gasteiger partial charge in [0.25, 0.3) is 0 Å². The van der Waals surface area contributed by atoms with Crippen LogP contribution in [0.2, 0.25) is 0 Å². The van der Waals surface area contributed by atoms with Crippen molar-refractivity contribution in [1.82, 2.24) is 0 Å². The highest BCUT2D eigenvalue weighted by Gasteiger charge is 2.19. The highest BCUT2D eigenvalue weighted by Crippen LogP contribution is 2.39. The molecule has 0 aromatic heterocycles. The summed E-state index contributed by atoms with van der Waals surface area (Å²) in [5.41, 5.74) is 9.97. The molecule has 1 aromatic rings. The molecule has 0 N–H and O–H groups in total. The molecule has 5 heterocycles. The molecular formula is C30H24N4S. The van der Waals surface area contributed by atoms with Gasteiger partial charge in [0.15, 0.2) is 0 Å². The Labute approximate surface area is 209 Å². The SMILES string of the molecule is CCc1cccc(SC2=CC3=NC2=CC2=NC(=CC4=NC(=CC5=NC(=C3)C=C5)C=C4)C=C2)c1CC. The van der Waals surface area contributed by atoms with Gasteiger partial charge in [-0.3, -0.25) is 0 Å². The van der Waals surface area contributed by atoms with Crippen molar-refractivity contribution in [3.05, 3.63) is 124 Å². The summed E-state index contributed by atoms with van der Waals surface area (Å²) < 4.78 is 0. The second kappa shape index (κ2) is 9.08. The molecule has 170 valence electrons. The minimum atomic E-state index is 0.887. The predicted octanol–water partition coefficient (Wildman–Crippen LogP) is 6.82. The summed E-state index contributed by atoms with van der Waals surface area (Å²) in [6, 6.07) is 6.61. The summed E-state index contributed by atoms with van der Waals surface area (Å²) in [4.78, 5) is 21.6. The Morgan fingerprint density at radius 3 is 1.80 bits per heavy atom. The lowest BCUT2D eigenvalue weighted by atomic mass is 10.0. The standard InChI is InChI=1S/C30H24N4S/c1-3-19-6-5-7-29(27(19)4-2)35-30-18-26-16-24-11-10-22(32-24)14-20-8-9-21(31-20)15-23-12-13-25(33-23)17-28(30)34-26/h5-18H,3-4H2,1-2H3. The molecule has 0 unspecified atom stereocenters. The maximum Gasteiger partial charge on any atom is 0.0798 e. The number of nitrogens with zero attached hydrogens (tertiary/aromatic N) is 4. The fourth-order valence-corrected chi connectivity index (χ4v) is 5.68. The first-order valence-electron chi connectivity index (χ1n) is 11.9. The van der Waals surface area contributed by atoms with Gasteiger partial charge in [-0.25, -0.2) is 20.0 Å². The molecule has 5 heteroatoms. The van der Waals surface area contributed by atoms with Crippen LogP contribution in [0.4, 0.5) is 0 Å². The maximum atomic E-state index is 4.97. The minimum absolute atomic E-state index is 0.887. The van der Waals surface area contributed by atoms with E-state index in [0.717, 1.165) is 63.4 Å². The molecular weight excluding hydrogens is 448 g/mol. The van der Waals surface area contributed by atoms with E-state index in [0.29, 0.717) is 0 Å². The average molecular weight is 473 g/mol. The van der Waals surface area contributed by atoms with E-state index in [4.69, 9.17) is 15.0 Å². The van der Waals surface area contributed by atoms with E-state index in [1.165, 1.54) is 16.0 Å². The Hall–Kier alpha value is -3.83. The lowest BCUT2D eigenvalue weighted by Crippen LogP contribution is -1.94. The van der Waals surface area contributed by atoms with Gasteiger partial charge in [-0.2, -0.15) is 0 Å². The van der Waals surface area contributed by atoms with Gasteiger partial charge in [-0.1, -0.05) is 37.7 Å². The second-order valence-corrected chi connectivity index (χ2v) is 9.68. The summed E-state index contributed by atoms with van der Waals surface area (Å²) in [6.07, 6.45) is 24.4. The first kappa shape index (κ1) is 21.7. The highest BCUT2D eigenvalue weighted by molar-refractivity contribution is 8.03. The van der Waals surface area contributed by atoms with Crippen molar-refractivity contribution in [3.8, 4) is 0 Å². The van der Waals surface area contributed by atoms with Gasteiger partial charge in [-0.15, -0.1) is 0 Å². The Morgan fingerprint density at radius 2 is 1.20 bits per heavy atom. The Morgan fingerprint density at radius 1 is 0.600 bits per heavy atom. The van der Waals surface area contributed by atoms with Gasteiger partial charge in [0.2, 0.25) is 0 Å². The molecule has 0 saturated carbocycles. The number of rotatable bonds is 4. The average Bonchev–Trinajstić information content (AvgIpc) is 3.65. The smallest absolute Gasteiger partial charge is 0.0798 e. The summed E-state index contributed by atoms with van der Waals surface area (Å²) in [5, 5.41) is 0. The van der Waals surface area contributed by atoms with E-state index >= 15 is 0 Å². The second-order valence-electron chi connectivity index (χ2n) is 8.60. The number of fused-ring (bicyclic) bond motifs is 4. The molecule has 35 heavy (non-hydrogen) atoms. The van der Waals surface area contributed by atoms with Crippen LogP contribution in [-0.4, -0.2) is 22.8 Å². The van der Waals surface area contributed by atoms with Crippen LogP contribution in [0.5, 0.6) is 0 Å². The monoisotopic (exact) mass is 472 g/mol. The van der Waals surface area contributed by atoms with Crippen molar-refractivity contribution in [3.63, 3.8) is 0 Å². The molecule has 4 nitrogen and oxygen atoms in total. The minimum Gasteiger partial charge on any atom is -0.249 e. The summed E-state index contributed by atoms with van der Waals surface area (Å²) >= 11 is 1.78. The third-order valence-electron chi connectivity index (χ3n) is 6.19. The van der Waals surface area contributed by atoms with E-state index < -0.39 is 0 Å². The molecule has 0 radical (unpaired) electrons. The number of benzene rings is 1. The molecule has 0 atom stereocenters. The number of thioether (sulfide) groups is 1. The molecule has 0 spiro atoms. The van der Waals surface area contributed by atoms with Crippen LogP contribution < -0.4 is 0 Å². The third kappa shape index (κ3) is 4.47. The van der Waals surface area contributed by atoms with Gasteiger partial charge >= 0.3 is 0 Å². The maximum absolute atomic E-state index is 4.97. The fraction of sp³-hybridized carbons (Fsp3) is 0.133. The molecule has 6 rings (SSSR count). The zero-order chi connectivity index (χ0) is 23.8. The van der Waals surface area contributed by atoms with Crippen LogP contribution in [0.15, 0.2) is 138 Å². The quantitative estimate of drug-likeness (QED) is 0.474. The highest BCUT2D eigenvalue weighted by atomic mass is 32.2. The molecule has 0 saturated heterocycles. The van der Waals surface area contributed by atoms with Gasteiger partial charge in [0.1, 0.15) is 0 Å². The molecule has 1 aromatic carbocycles. The first-order valence-corrected chi connectivity index (χ1v) is 12.7. The molecule has 8 bridgehead atoms. The number of hydrogen-bond donors (Lipinski definition) is 0. The van der Waals surface area contributed by atoms with Crippen molar-refractivity contribution in [2.75, 3.05) is 0 Å². The van der Waals surface area contributed by atoms with Crippen LogP contribution in [-0.2, 0) is 12.8 Å². The Bertz CT molecular complexity index is 1510. The van der Waals surface area contributed by atoms with Gasteiger partial charge < -0.3 is 0 Å². The van der Waals surface area contributed by atoms with Crippen molar-refractivity contribution >= 4 is 34.6 Å². The van der Waals surface area contributed by atoms with Crippen LogP contribution >= 0.6 is 11.8 Å². The Balaban J connectivity index is 1.43. The number of aliphatic imine (C=N–C) groups is 4. The predicted molar refractivity (Wildman–Crippen MR) is 149 cm³/mol. The molecule has 5 aliphatic heterocycles. The van der Waals surface area contributed by atoms with Gasteiger partial charge in [0, 0.05) is 9.80 Å². The first-order chi connectivity index (χ1) is 17.2. The molecule has 0 fully saturated rings. The molecule has 0 amide bonds. The van der Waals surface area contributed by atoms with E-state index in [2.05, 4.69) is 49.2 Å². The van der Waals surface area contributed by atoms with Crippen molar-refractivity contribution in [2.45, 2.75) is 31.6 Å². The summed E-state index contributed by atoms with van der Waals surface area (Å²) in [7, 11) is 0. The summed E-state index contributed by atoms with van der Waals surface area (Å²) in [5.74, 6) is 0. The normalized spacial score (nSPS) is 19.5. The number of aryl methyl sites for hydroxylation is 1. The zero-order valence-electron chi connectivity index (χ0n) is 19.7. The third-order valence-corrected chi connectivity index (χ3v) is 7.34. The number of allylic oxidation sites excluding steroid dienone is 11. The van der Waals surface area contributed by atoms with Gasteiger partial charge in [-0.05, 0) is 96.9 Å². The Kier molecular flexibility index (Phi) is 5.63. The topological polar surface area (TPSA) is 49.4 Å². The van der Waals surface area contributed by atoms with Crippen molar-refractivity contribution in [1.29, 1.82) is 0 Å². The van der Waals surface area contributed by atoms with Crippen LogP contribution in [0, 0.1) is 0 Å². The molecule has 5 aliphatic rings. The van der Waals surface area contributed by atoms with Gasteiger partial charge in [0.05, 0.1) is 45.6 Å². The van der Waals surface area contributed by atoms with E-state index in [-0.39, 0.29) is 0 Å². The zero-order valence-corrected chi connectivity index (χ0v) is 20.5. The van der Waals surface area contributed by atoms with Crippen LogP contribution in [0.1, 0.15) is 25.0 Å². The van der Waals surface area contributed by atoms with E-state index in [1.54, 1.807) is 11.8 Å².